The van der Waals surface area contributed by atoms with Crippen molar-refractivity contribution in [3.8, 4) is 0 Å². The summed E-state index contributed by atoms with van der Waals surface area (Å²) in [6, 6.07) is 8.89. The number of benzene rings is 1. The normalized spacial score (nSPS) is 17.6. The maximum absolute atomic E-state index is 12.7. The van der Waals surface area contributed by atoms with Crippen LogP contribution in [0.2, 0.25) is 0 Å². The summed E-state index contributed by atoms with van der Waals surface area (Å²) >= 11 is 0. The van der Waals surface area contributed by atoms with Crippen molar-refractivity contribution in [2.75, 3.05) is 22.5 Å². The van der Waals surface area contributed by atoms with Crippen molar-refractivity contribution >= 4 is 29.0 Å². The van der Waals surface area contributed by atoms with Crippen LogP contribution in [0.5, 0.6) is 0 Å². The maximum Gasteiger partial charge on any atom is 0.329 e. The van der Waals surface area contributed by atoms with Gasteiger partial charge >= 0.3 is 5.69 Å². The van der Waals surface area contributed by atoms with Crippen molar-refractivity contribution in [3.05, 3.63) is 46.6 Å². The first kappa shape index (κ1) is 15.7. The minimum Gasteiger partial charge on any atom is -0.378 e. The van der Waals surface area contributed by atoms with E-state index in [1.807, 2.05) is 30.3 Å². The van der Waals surface area contributed by atoms with E-state index in [0.29, 0.717) is 13.0 Å². The Balaban J connectivity index is 1.76. The number of carbonyl (C=O) groups is 1. The third-order valence-electron chi connectivity index (χ3n) is 3.80. The van der Waals surface area contributed by atoms with Crippen LogP contribution in [0.3, 0.4) is 0 Å². The lowest BCUT2D eigenvalue weighted by Gasteiger charge is -2.32. The molecule has 2 heterocycles. The van der Waals surface area contributed by atoms with Gasteiger partial charge in [0.25, 0.3) is 0 Å². The Kier molecular flexibility index (Phi) is 4.23. The second kappa shape index (κ2) is 6.49. The Morgan fingerprint density at radius 1 is 1.33 bits per heavy atom. The fraction of sp³-hybridized carbons (Fsp3) is 0.267. The minimum atomic E-state index is -0.651. The summed E-state index contributed by atoms with van der Waals surface area (Å²) in [5.41, 5.74) is 6.02. The van der Waals surface area contributed by atoms with Crippen LogP contribution in [0, 0.1) is 10.1 Å². The van der Waals surface area contributed by atoms with Gasteiger partial charge in [0.1, 0.15) is 12.2 Å². The molecule has 1 saturated heterocycles. The zero-order valence-electron chi connectivity index (χ0n) is 12.8. The van der Waals surface area contributed by atoms with Gasteiger partial charge in [-0.2, -0.15) is 4.98 Å². The number of piperidine rings is 1. The molecular weight excluding hydrogens is 312 g/mol. The lowest BCUT2D eigenvalue weighted by molar-refractivity contribution is -0.384. The number of amides is 1. The molecule has 2 aromatic rings. The molecule has 24 heavy (non-hydrogen) atoms. The van der Waals surface area contributed by atoms with Crippen molar-refractivity contribution in [3.63, 3.8) is 0 Å². The van der Waals surface area contributed by atoms with Crippen molar-refractivity contribution < 1.29 is 9.72 Å². The van der Waals surface area contributed by atoms with Crippen molar-refractivity contribution in [2.45, 2.75) is 18.9 Å². The summed E-state index contributed by atoms with van der Waals surface area (Å²) < 4.78 is 0. The second-order valence-corrected chi connectivity index (χ2v) is 5.39. The van der Waals surface area contributed by atoms with Gasteiger partial charge in [-0.3, -0.25) is 14.9 Å². The fourth-order valence-electron chi connectivity index (χ4n) is 2.63. The molecule has 3 N–H and O–H groups in total. The predicted molar refractivity (Wildman–Crippen MR) is 88.5 cm³/mol. The van der Waals surface area contributed by atoms with E-state index in [0.717, 1.165) is 18.3 Å². The molecule has 1 fully saturated rings. The SMILES string of the molecule is Nc1nc(N[C@@H]2CCCN(c3ccccc3)C2=O)ncc1[N+](=O)[O-]. The highest BCUT2D eigenvalue weighted by molar-refractivity contribution is 5.99. The third kappa shape index (κ3) is 3.09. The number of nitro groups is 1. The first-order valence-corrected chi connectivity index (χ1v) is 7.46. The summed E-state index contributed by atoms with van der Waals surface area (Å²) in [4.78, 5) is 32.2. The predicted octanol–water partition coefficient (Wildman–Crippen LogP) is 1.57. The van der Waals surface area contributed by atoms with Gasteiger partial charge in [0.2, 0.25) is 17.7 Å². The third-order valence-corrected chi connectivity index (χ3v) is 3.80. The summed E-state index contributed by atoms with van der Waals surface area (Å²) in [6.45, 7) is 0.643. The molecule has 1 amide bonds. The van der Waals surface area contributed by atoms with Gasteiger partial charge in [0, 0.05) is 12.2 Å². The lowest BCUT2D eigenvalue weighted by Crippen LogP contribution is -2.48. The number of aromatic nitrogens is 2. The number of anilines is 3. The largest absolute Gasteiger partial charge is 0.378 e. The van der Waals surface area contributed by atoms with Gasteiger partial charge < -0.3 is 16.0 Å². The Morgan fingerprint density at radius 3 is 2.75 bits per heavy atom. The molecule has 0 spiro atoms. The molecule has 9 heteroatoms. The highest BCUT2D eigenvalue weighted by atomic mass is 16.6. The van der Waals surface area contributed by atoms with Crippen molar-refractivity contribution in [1.82, 2.24) is 9.97 Å². The summed E-state index contributed by atoms with van der Waals surface area (Å²) in [7, 11) is 0. The molecule has 124 valence electrons. The molecule has 1 aromatic heterocycles. The van der Waals surface area contributed by atoms with E-state index in [-0.39, 0.29) is 23.4 Å². The number of carbonyl (C=O) groups excluding carboxylic acids is 1. The van der Waals surface area contributed by atoms with Gasteiger partial charge in [-0.05, 0) is 25.0 Å². The standard InChI is InChI=1S/C15H16N6O3/c16-13-12(21(23)24)9-17-15(19-13)18-11-7-4-8-20(14(11)22)10-5-2-1-3-6-10/h1-3,5-6,9,11H,4,7-8H2,(H3,16,17,18,19)/t11-/m1/s1. The molecule has 0 saturated carbocycles. The van der Waals surface area contributed by atoms with E-state index >= 15 is 0 Å². The zero-order chi connectivity index (χ0) is 17.1. The maximum atomic E-state index is 12.7. The van der Waals surface area contributed by atoms with Crippen LogP contribution in [0.1, 0.15) is 12.8 Å². The van der Waals surface area contributed by atoms with Crippen LogP contribution in [0.15, 0.2) is 36.5 Å². The lowest BCUT2D eigenvalue weighted by atomic mass is 10.0. The Hall–Kier alpha value is -3.23. The Labute approximate surface area is 137 Å². The molecule has 1 aliphatic heterocycles. The van der Waals surface area contributed by atoms with E-state index in [2.05, 4.69) is 15.3 Å². The monoisotopic (exact) mass is 328 g/mol. The van der Waals surface area contributed by atoms with Crippen molar-refractivity contribution in [1.29, 1.82) is 0 Å². The van der Waals surface area contributed by atoms with E-state index in [4.69, 9.17) is 5.73 Å². The molecule has 0 bridgehead atoms. The second-order valence-electron chi connectivity index (χ2n) is 5.39. The van der Waals surface area contributed by atoms with E-state index in [9.17, 15) is 14.9 Å². The van der Waals surface area contributed by atoms with E-state index < -0.39 is 11.0 Å². The number of nitrogen functional groups attached to an aromatic ring is 1. The van der Waals surface area contributed by atoms with Crippen LogP contribution in [-0.2, 0) is 4.79 Å². The first-order chi connectivity index (χ1) is 11.6. The highest BCUT2D eigenvalue weighted by Crippen LogP contribution is 2.23. The smallest absolute Gasteiger partial charge is 0.329 e. The molecule has 0 unspecified atom stereocenters. The number of nitrogens with zero attached hydrogens (tertiary/aromatic N) is 4. The van der Waals surface area contributed by atoms with E-state index in [1.165, 1.54) is 0 Å². The summed E-state index contributed by atoms with van der Waals surface area (Å²) in [5, 5.41) is 13.7. The highest BCUT2D eigenvalue weighted by Gasteiger charge is 2.30. The first-order valence-electron chi connectivity index (χ1n) is 7.46. The van der Waals surface area contributed by atoms with Crippen molar-refractivity contribution in [2.24, 2.45) is 0 Å². The van der Waals surface area contributed by atoms with E-state index in [1.54, 1.807) is 4.90 Å². The number of para-hydroxylation sites is 1. The van der Waals surface area contributed by atoms with Crippen LogP contribution in [0.25, 0.3) is 0 Å². The average Bonchev–Trinajstić information content (AvgIpc) is 2.57. The fourth-order valence-corrected chi connectivity index (χ4v) is 2.63. The number of rotatable bonds is 4. The topological polar surface area (TPSA) is 127 Å². The van der Waals surface area contributed by atoms with Crippen LogP contribution < -0.4 is 16.0 Å². The molecule has 3 rings (SSSR count). The van der Waals surface area contributed by atoms with Gasteiger partial charge in [-0.25, -0.2) is 4.98 Å². The van der Waals surface area contributed by atoms with Gasteiger partial charge in [-0.1, -0.05) is 18.2 Å². The molecule has 9 nitrogen and oxygen atoms in total. The molecular formula is C15H16N6O3. The molecule has 1 aromatic carbocycles. The molecule has 0 aliphatic carbocycles. The summed E-state index contributed by atoms with van der Waals surface area (Å²) in [5.74, 6) is -0.222. The number of hydrogen-bond acceptors (Lipinski definition) is 7. The zero-order valence-corrected chi connectivity index (χ0v) is 12.8. The van der Waals surface area contributed by atoms with Gasteiger partial charge in [0.05, 0.1) is 4.92 Å². The van der Waals surface area contributed by atoms with Gasteiger partial charge in [0.15, 0.2) is 0 Å². The number of hydrogen-bond donors (Lipinski definition) is 2. The van der Waals surface area contributed by atoms with Crippen LogP contribution >= 0.6 is 0 Å². The van der Waals surface area contributed by atoms with Crippen LogP contribution in [0.4, 0.5) is 23.1 Å². The Morgan fingerprint density at radius 2 is 2.08 bits per heavy atom. The molecule has 1 atom stereocenters. The van der Waals surface area contributed by atoms with Gasteiger partial charge in [-0.15, -0.1) is 0 Å². The summed E-state index contributed by atoms with van der Waals surface area (Å²) in [6.07, 6.45) is 2.48. The number of nitrogens with two attached hydrogens (primary N) is 1. The quantitative estimate of drug-likeness (QED) is 0.644. The Bertz CT molecular complexity index is 767. The molecule has 1 aliphatic rings. The van der Waals surface area contributed by atoms with Crippen LogP contribution in [-0.4, -0.2) is 33.4 Å². The minimum absolute atomic E-state index is 0.0898. The molecule has 0 radical (unpaired) electrons. The average molecular weight is 328 g/mol. The number of nitrogens with one attached hydrogen (secondary N) is 1.